The molecule has 0 atom stereocenters. The lowest BCUT2D eigenvalue weighted by molar-refractivity contribution is 0.0860. The predicted octanol–water partition coefficient (Wildman–Crippen LogP) is 2.81. The van der Waals surface area contributed by atoms with Crippen LogP contribution in [-0.2, 0) is 12.8 Å². The van der Waals surface area contributed by atoms with Gasteiger partial charge in [0.1, 0.15) is 0 Å². The number of carbonyl (C=O) groups excluding carboxylic acids is 1. The molecule has 3 rings (SSSR count). The van der Waals surface area contributed by atoms with Crippen LogP contribution in [0.4, 0.5) is 0 Å². The van der Waals surface area contributed by atoms with E-state index < -0.39 is 0 Å². The van der Waals surface area contributed by atoms with Gasteiger partial charge in [0.25, 0.3) is 5.91 Å². The van der Waals surface area contributed by atoms with Gasteiger partial charge in [-0.2, -0.15) is 0 Å². The molecule has 0 spiro atoms. The number of hydrogen-bond acceptors (Lipinski definition) is 2. The summed E-state index contributed by atoms with van der Waals surface area (Å²) in [7, 11) is 0. The number of rotatable bonds is 3. The van der Waals surface area contributed by atoms with E-state index in [9.17, 15) is 4.79 Å². The number of benzene rings is 1. The molecule has 114 valence electrons. The molecule has 1 aromatic rings. The summed E-state index contributed by atoms with van der Waals surface area (Å²) in [5, 5.41) is 3.25. The Bertz CT molecular complexity index is 530. The summed E-state index contributed by atoms with van der Waals surface area (Å²) in [4.78, 5) is 12.6. The highest BCUT2D eigenvalue weighted by molar-refractivity contribution is 5.95. The summed E-state index contributed by atoms with van der Waals surface area (Å²) in [6.07, 6.45) is 7.79. The molecule has 0 aliphatic heterocycles. The van der Waals surface area contributed by atoms with Gasteiger partial charge in [-0.15, -0.1) is 0 Å². The zero-order chi connectivity index (χ0) is 14.9. The zero-order valence-corrected chi connectivity index (χ0v) is 13.0. The van der Waals surface area contributed by atoms with Crippen LogP contribution in [0.15, 0.2) is 18.2 Å². The molecule has 3 N–H and O–H groups in total. The summed E-state index contributed by atoms with van der Waals surface area (Å²) in [5.74, 6) is 0.797. The predicted molar refractivity (Wildman–Crippen MR) is 85.4 cm³/mol. The van der Waals surface area contributed by atoms with Crippen molar-refractivity contribution in [1.29, 1.82) is 0 Å². The third-order valence-electron chi connectivity index (χ3n) is 5.36. The molecule has 1 amide bonds. The molecule has 0 radical (unpaired) electrons. The number of amides is 1. The first-order valence-electron chi connectivity index (χ1n) is 8.26. The van der Waals surface area contributed by atoms with E-state index in [-0.39, 0.29) is 11.4 Å². The van der Waals surface area contributed by atoms with Gasteiger partial charge in [-0.1, -0.05) is 13.0 Å². The van der Waals surface area contributed by atoms with Crippen molar-refractivity contribution in [3.05, 3.63) is 34.9 Å². The first-order valence-corrected chi connectivity index (χ1v) is 8.26. The average Bonchev–Trinajstić information content (AvgIpc) is 2.97. The molecule has 0 aromatic heterocycles. The van der Waals surface area contributed by atoms with Gasteiger partial charge < -0.3 is 11.1 Å². The molecule has 3 nitrogen and oxygen atoms in total. The quantitative estimate of drug-likeness (QED) is 0.897. The maximum atomic E-state index is 12.6. The maximum Gasteiger partial charge on any atom is 0.251 e. The molecule has 1 aromatic carbocycles. The van der Waals surface area contributed by atoms with E-state index >= 15 is 0 Å². The van der Waals surface area contributed by atoms with Gasteiger partial charge in [-0.25, -0.2) is 0 Å². The molecule has 0 heterocycles. The Morgan fingerprint density at radius 1 is 1.29 bits per heavy atom. The van der Waals surface area contributed by atoms with Gasteiger partial charge >= 0.3 is 0 Å². The Kier molecular flexibility index (Phi) is 4.03. The average molecular weight is 286 g/mol. The fourth-order valence-corrected chi connectivity index (χ4v) is 3.72. The lowest BCUT2D eigenvalue weighted by Crippen LogP contribution is -2.55. The number of aryl methyl sites for hydroxylation is 2. The smallest absolute Gasteiger partial charge is 0.251 e. The molecule has 3 heteroatoms. The molecule has 0 saturated heterocycles. The van der Waals surface area contributed by atoms with E-state index in [4.69, 9.17) is 5.73 Å². The van der Waals surface area contributed by atoms with Crippen LogP contribution < -0.4 is 11.1 Å². The van der Waals surface area contributed by atoms with Crippen LogP contribution >= 0.6 is 0 Å². The minimum absolute atomic E-state index is 0.0460. The second-order valence-electron chi connectivity index (χ2n) is 6.96. The number of carbonyl (C=O) groups is 1. The summed E-state index contributed by atoms with van der Waals surface area (Å²) in [6, 6.07) is 6.16. The first kappa shape index (κ1) is 14.6. The standard InChI is InChI=1S/C18H26N2O/c1-13-7-9-18(12-19,10-8-13)20-17(21)16-6-5-14-3-2-4-15(14)11-16/h5-6,11,13H,2-4,7-10,12,19H2,1H3,(H,20,21). The van der Waals surface area contributed by atoms with Crippen molar-refractivity contribution in [3.63, 3.8) is 0 Å². The van der Waals surface area contributed by atoms with Crippen molar-refractivity contribution in [2.75, 3.05) is 6.54 Å². The highest BCUT2D eigenvalue weighted by atomic mass is 16.1. The summed E-state index contributed by atoms with van der Waals surface area (Å²) in [5.41, 5.74) is 9.34. The second-order valence-corrected chi connectivity index (χ2v) is 6.96. The van der Waals surface area contributed by atoms with Gasteiger partial charge in [0.05, 0.1) is 5.54 Å². The van der Waals surface area contributed by atoms with Gasteiger partial charge in [0.15, 0.2) is 0 Å². The fourth-order valence-electron chi connectivity index (χ4n) is 3.72. The molecule has 2 aliphatic rings. The molecule has 21 heavy (non-hydrogen) atoms. The molecule has 2 aliphatic carbocycles. The summed E-state index contributed by atoms with van der Waals surface area (Å²) < 4.78 is 0. The molecular formula is C18H26N2O. The van der Waals surface area contributed by atoms with Crippen molar-refractivity contribution in [1.82, 2.24) is 5.32 Å². The van der Waals surface area contributed by atoms with Gasteiger partial charge in [0, 0.05) is 12.1 Å². The van der Waals surface area contributed by atoms with Gasteiger partial charge in [-0.3, -0.25) is 4.79 Å². The maximum absolute atomic E-state index is 12.6. The number of hydrogen-bond donors (Lipinski definition) is 2. The van der Waals surface area contributed by atoms with Crippen LogP contribution in [0.5, 0.6) is 0 Å². The topological polar surface area (TPSA) is 55.1 Å². The third-order valence-corrected chi connectivity index (χ3v) is 5.36. The minimum Gasteiger partial charge on any atom is -0.345 e. The van der Waals surface area contributed by atoms with Gasteiger partial charge in [0.2, 0.25) is 0 Å². The van der Waals surface area contributed by atoms with E-state index in [1.807, 2.05) is 6.07 Å². The molecule has 1 fully saturated rings. The normalized spacial score (nSPS) is 28.2. The highest BCUT2D eigenvalue weighted by Crippen LogP contribution is 2.31. The number of nitrogens with two attached hydrogens (primary N) is 1. The Morgan fingerprint density at radius 2 is 2.00 bits per heavy atom. The Balaban J connectivity index is 1.73. The second kappa shape index (κ2) is 5.80. The van der Waals surface area contributed by atoms with Crippen molar-refractivity contribution >= 4 is 5.91 Å². The molecule has 0 unspecified atom stereocenters. The van der Waals surface area contributed by atoms with E-state index in [1.165, 1.54) is 17.5 Å². The minimum atomic E-state index is -0.192. The largest absolute Gasteiger partial charge is 0.345 e. The lowest BCUT2D eigenvalue weighted by atomic mass is 9.77. The van der Waals surface area contributed by atoms with E-state index in [2.05, 4.69) is 24.4 Å². The van der Waals surface area contributed by atoms with Crippen molar-refractivity contribution < 1.29 is 4.79 Å². The Hall–Kier alpha value is -1.35. The van der Waals surface area contributed by atoms with E-state index in [0.29, 0.717) is 6.54 Å². The third kappa shape index (κ3) is 2.98. The molecule has 0 bridgehead atoms. The Morgan fingerprint density at radius 3 is 2.71 bits per heavy atom. The van der Waals surface area contributed by atoms with E-state index in [0.717, 1.165) is 50.0 Å². The fraction of sp³-hybridized carbons (Fsp3) is 0.611. The Labute approximate surface area is 127 Å². The van der Waals surface area contributed by atoms with Crippen LogP contribution in [0, 0.1) is 5.92 Å². The number of fused-ring (bicyclic) bond motifs is 1. The summed E-state index contributed by atoms with van der Waals surface area (Å²) >= 11 is 0. The van der Waals surface area contributed by atoms with Crippen molar-refractivity contribution in [2.45, 2.75) is 57.4 Å². The van der Waals surface area contributed by atoms with Crippen molar-refractivity contribution in [3.8, 4) is 0 Å². The SMILES string of the molecule is CC1CCC(CN)(NC(=O)c2ccc3c(c2)CCC3)CC1. The van der Waals surface area contributed by atoms with Crippen LogP contribution in [0.2, 0.25) is 0 Å². The van der Waals surface area contributed by atoms with Crippen LogP contribution in [0.1, 0.15) is 60.5 Å². The van der Waals surface area contributed by atoms with Gasteiger partial charge in [-0.05, 0) is 74.1 Å². The zero-order valence-electron chi connectivity index (χ0n) is 13.0. The number of nitrogens with one attached hydrogen (secondary N) is 1. The van der Waals surface area contributed by atoms with E-state index in [1.54, 1.807) is 0 Å². The summed E-state index contributed by atoms with van der Waals surface area (Å²) in [6.45, 7) is 2.82. The lowest BCUT2D eigenvalue weighted by Gasteiger charge is -2.39. The molecular weight excluding hydrogens is 260 g/mol. The molecule has 1 saturated carbocycles. The monoisotopic (exact) mass is 286 g/mol. The van der Waals surface area contributed by atoms with Crippen molar-refractivity contribution in [2.24, 2.45) is 11.7 Å². The van der Waals surface area contributed by atoms with Crippen LogP contribution in [-0.4, -0.2) is 18.0 Å². The van der Waals surface area contributed by atoms with Crippen LogP contribution in [0.3, 0.4) is 0 Å². The van der Waals surface area contributed by atoms with Crippen LogP contribution in [0.25, 0.3) is 0 Å². The highest BCUT2D eigenvalue weighted by Gasteiger charge is 2.34. The first-order chi connectivity index (χ1) is 10.1.